The summed E-state index contributed by atoms with van der Waals surface area (Å²) in [4.78, 5) is 15.7. The number of fused-ring (bicyclic) bond motifs is 1. The Morgan fingerprint density at radius 3 is 3.11 bits per heavy atom. The molecule has 1 atom stereocenters. The van der Waals surface area contributed by atoms with Crippen LogP contribution in [0.2, 0.25) is 0 Å². The number of nitrogens with zero attached hydrogens (tertiary/aromatic N) is 1. The van der Waals surface area contributed by atoms with Gasteiger partial charge in [0.2, 0.25) is 5.91 Å². The number of aliphatic hydroxyl groups is 1. The van der Waals surface area contributed by atoms with Crippen molar-refractivity contribution in [2.75, 3.05) is 13.1 Å². The molecule has 4 heteroatoms. The predicted octanol–water partition coefficient (Wildman–Crippen LogP) is 2.15. The van der Waals surface area contributed by atoms with E-state index in [2.05, 4.69) is 11.4 Å². The normalized spacial score (nSPS) is 25.4. The van der Waals surface area contributed by atoms with Crippen molar-refractivity contribution in [2.24, 2.45) is 0 Å². The fourth-order valence-corrected chi connectivity index (χ4v) is 3.99. The van der Waals surface area contributed by atoms with Gasteiger partial charge in [0, 0.05) is 4.88 Å². The lowest BCUT2D eigenvalue weighted by atomic mass is 9.83. The van der Waals surface area contributed by atoms with Crippen LogP contribution in [0.5, 0.6) is 0 Å². The third kappa shape index (κ3) is 1.88. The Hall–Kier alpha value is -0.870. The van der Waals surface area contributed by atoms with Crippen LogP contribution in [0.15, 0.2) is 11.4 Å². The highest BCUT2D eigenvalue weighted by atomic mass is 32.1. The van der Waals surface area contributed by atoms with Crippen LogP contribution < -0.4 is 0 Å². The molecule has 1 N–H and O–H groups in total. The predicted molar refractivity (Wildman–Crippen MR) is 71.8 cm³/mol. The zero-order chi connectivity index (χ0) is 12.8. The van der Waals surface area contributed by atoms with E-state index in [0.717, 1.165) is 25.7 Å². The van der Waals surface area contributed by atoms with Gasteiger partial charge in [0.1, 0.15) is 0 Å². The fraction of sp³-hybridized carbons (Fsp3) is 0.643. The first-order chi connectivity index (χ1) is 8.63. The molecule has 1 saturated heterocycles. The number of hydrogen-bond donors (Lipinski definition) is 1. The third-order valence-electron chi connectivity index (χ3n) is 4.29. The number of thiophene rings is 1. The first kappa shape index (κ1) is 12.2. The summed E-state index contributed by atoms with van der Waals surface area (Å²) in [5, 5.41) is 12.1. The minimum Gasteiger partial charge on any atom is -0.386 e. The van der Waals surface area contributed by atoms with Gasteiger partial charge in [-0.15, -0.1) is 11.3 Å². The summed E-state index contributed by atoms with van der Waals surface area (Å²) in [7, 11) is 0. The van der Waals surface area contributed by atoms with E-state index in [1.807, 2.05) is 11.8 Å². The van der Waals surface area contributed by atoms with E-state index in [1.165, 1.54) is 10.4 Å². The molecule has 1 aliphatic heterocycles. The summed E-state index contributed by atoms with van der Waals surface area (Å²) in [5.41, 5.74) is 0.616. The quantitative estimate of drug-likeness (QED) is 0.890. The molecule has 0 bridgehead atoms. The number of β-amino-alcohol motifs (C(OH)–C–C–N with tert-alkyl or cyclic N) is 1. The number of aryl methyl sites for hydroxylation is 1. The zero-order valence-electron chi connectivity index (χ0n) is 10.7. The molecule has 1 amide bonds. The molecular formula is C14H19NO2S. The van der Waals surface area contributed by atoms with Gasteiger partial charge in [-0.2, -0.15) is 0 Å². The number of carbonyl (C=O) groups is 1. The third-order valence-corrected chi connectivity index (χ3v) is 5.29. The molecule has 1 aliphatic carbocycles. The summed E-state index contributed by atoms with van der Waals surface area (Å²) < 4.78 is 0. The summed E-state index contributed by atoms with van der Waals surface area (Å²) in [6.07, 6.45) is 3.92. The SMILES string of the molecule is CCC1(O)CN(C(=O)C2CCCc3sccc32)C1. The summed E-state index contributed by atoms with van der Waals surface area (Å²) >= 11 is 1.77. The summed E-state index contributed by atoms with van der Waals surface area (Å²) in [6, 6.07) is 2.10. The second kappa shape index (κ2) is 4.35. The highest BCUT2D eigenvalue weighted by Crippen LogP contribution is 2.38. The van der Waals surface area contributed by atoms with E-state index in [1.54, 1.807) is 11.3 Å². The molecule has 0 aromatic carbocycles. The fourth-order valence-electron chi connectivity index (χ4n) is 3.01. The van der Waals surface area contributed by atoms with E-state index < -0.39 is 5.60 Å². The molecule has 3 rings (SSSR count). The Morgan fingerprint density at radius 1 is 1.61 bits per heavy atom. The largest absolute Gasteiger partial charge is 0.386 e. The molecule has 0 spiro atoms. The number of rotatable bonds is 2. The minimum atomic E-state index is -0.623. The smallest absolute Gasteiger partial charge is 0.230 e. The Bertz CT molecular complexity index is 462. The van der Waals surface area contributed by atoms with Crippen LogP contribution >= 0.6 is 11.3 Å². The van der Waals surface area contributed by atoms with E-state index in [4.69, 9.17) is 0 Å². The van der Waals surface area contributed by atoms with Gasteiger partial charge in [-0.05, 0) is 42.7 Å². The number of carbonyl (C=O) groups excluding carboxylic acids is 1. The van der Waals surface area contributed by atoms with Crippen molar-refractivity contribution in [3.05, 3.63) is 21.9 Å². The van der Waals surface area contributed by atoms with Crippen LogP contribution in [0.4, 0.5) is 0 Å². The molecule has 18 heavy (non-hydrogen) atoms. The van der Waals surface area contributed by atoms with Crippen LogP contribution in [0.25, 0.3) is 0 Å². The Morgan fingerprint density at radius 2 is 2.39 bits per heavy atom. The van der Waals surface area contributed by atoms with Crippen molar-refractivity contribution in [1.82, 2.24) is 4.90 Å². The van der Waals surface area contributed by atoms with E-state index in [0.29, 0.717) is 13.1 Å². The molecule has 1 unspecified atom stereocenters. The lowest BCUT2D eigenvalue weighted by Gasteiger charge is -2.47. The topological polar surface area (TPSA) is 40.5 Å². The molecule has 1 aromatic heterocycles. The number of amides is 1. The Kier molecular flexibility index (Phi) is 2.94. The first-order valence-electron chi connectivity index (χ1n) is 6.70. The summed E-state index contributed by atoms with van der Waals surface area (Å²) in [6.45, 7) is 3.00. The van der Waals surface area contributed by atoms with Gasteiger partial charge >= 0.3 is 0 Å². The zero-order valence-corrected chi connectivity index (χ0v) is 11.5. The molecule has 0 radical (unpaired) electrons. The average Bonchev–Trinajstić information content (AvgIpc) is 2.82. The van der Waals surface area contributed by atoms with E-state index in [-0.39, 0.29) is 11.8 Å². The van der Waals surface area contributed by atoms with Gasteiger partial charge in [0.05, 0.1) is 24.6 Å². The average molecular weight is 265 g/mol. The highest BCUT2D eigenvalue weighted by molar-refractivity contribution is 7.10. The van der Waals surface area contributed by atoms with Crippen molar-refractivity contribution in [3.8, 4) is 0 Å². The second-order valence-electron chi connectivity index (χ2n) is 5.52. The van der Waals surface area contributed by atoms with Crippen molar-refractivity contribution in [2.45, 2.75) is 44.1 Å². The number of likely N-dealkylation sites (tertiary alicyclic amines) is 1. The van der Waals surface area contributed by atoms with Crippen LogP contribution in [-0.4, -0.2) is 34.6 Å². The van der Waals surface area contributed by atoms with Gasteiger partial charge in [-0.1, -0.05) is 6.92 Å². The maximum absolute atomic E-state index is 12.5. The van der Waals surface area contributed by atoms with Crippen molar-refractivity contribution >= 4 is 17.2 Å². The van der Waals surface area contributed by atoms with Crippen LogP contribution in [0.3, 0.4) is 0 Å². The van der Waals surface area contributed by atoms with Crippen LogP contribution in [0.1, 0.15) is 42.5 Å². The molecule has 1 aromatic rings. The molecular weight excluding hydrogens is 246 g/mol. The Balaban J connectivity index is 1.72. The van der Waals surface area contributed by atoms with Crippen molar-refractivity contribution in [3.63, 3.8) is 0 Å². The first-order valence-corrected chi connectivity index (χ1v) is 7.58. The molecule has 1 fully saturated rings. The standard InChI is InChI=1S/C14H19NO2S/c1-2-14(17)8-15(9-14)13(16)11-4-3-5-12-10(11)6-7-18-12/h6-7,11,17H,2-5,8-9H2,1H3. The van der Waals surface area contributed by atoms with Crippen LogP contribution in [0, 0.1) is 0 Å². The van der Waals surface area contributed by atoms with Gasteiger partial charge in [-0.25, -0.2) is 0 Å². The molecule has 2 aliphatic rings. The van der Waals surface area contributed by atoms with Crippen molar-refractivity contribution in [1.29, 1.82) is 0 Å². The van der Waals surface area contributed by atoms with Gasteiger partial charge < -0.3 is 10.0 Å². The minimum absolute atomic E-state index is 0.0430. The Labute approximate surface area is 111 Å². The maximum Gasteiger partial charge on any atom is 0.230 e. The molecule has 2 heterocycles. The molecule has 98 valence electrons. The van der Waals surface area contributed by atoms with E-state index in [9.17, 15) is 9.90 Å². The van der Waals surface area contributed by atoms with Gasteiger partial charge in [-0.3, -0.25) is 4.79 Å². The van der Waals surface area contributed by atoms with Crippen LogP contribution in [-0.2, 0) is 11.2 Å². The van der Waals surface area contributed by atoms with Gasteiger partial charge in [0.15, 0.2) is 0 Å². The number of hydrogen-bond acceptors (Lipinski definition) is 3. The van der Waals surface area contributed by atoms with Crippen molar-refractivity contribution < 1.29 is 9.90 Å². The van der Waals surface area contributed by atoms with E-state index >= 15 is 0 Å². The monoisotopic (exact) mass is 265 g/mol. The summed E-state index contributed by atoms with van der Waals surface area (Å²) in [5.74, 6) is 0.258. The molecule has 3 nitrogen and oxygen atoms in total. The lowest BCUT2D eigenvalue weighted by Crippen LogP contribution is -2.63. The lowest BCUT2D eigenvalue weighted by molar-refractivity contribution is -0.157. The van der Waals surface area contributed by atoms with Gasteiger partial charge in [0.25, 0.3) is 0 Å². The highest BCUT2D eigenvalue weighted by Gasteiger charge is 2.44. The second-order valence-corrected chi connectivity index (χ2v) is 6.52. The molecule has 0 saturated carbocycles. The maximum atomic E-state index is 12.5.